The van der Waals surface area contributed by atoms with E-state index in [-0.39, 0.29) is 22.7 Å². The van der Waals surface area contributed by atoms with Crippen LogP contribution in [0.5, 0.6) is 0 Å². The van der Waals surface area contributed by atoms with Gasteiger partial charge in [0, 0.05) is 47.3 Å². The molecule has 0 bridgehead atoms. The lowest BCUT2D eigenvalue weighted by Gasteiger charge is -2.16. The number of fused-ring (bicyclic) bond motifs is 1. The fourth-order valence-corrected chi connectivity index (χ4v) is 3.54. The van der Waals surface area contributed by atoms with Crippen LogP contribution in [0.1, 0.15) is 0 Å². The molecular formula is C23H18ClF3N6O. The monoisotopic (exact) mass is 486 g/mol. The second-order valence-electron chi connectivity index (χ2n) is 7.36. The smallest absolute Gasteiger partial charge is 0.393 e. The average molecular weight is 487 g/mol. The Kier molecular flexibility index (Phi) is 6.25. The van der Waals surface area contributed by atoms with E-state index in [0.717, 1.165) is 0 Å². The number of allylic oxidation sites excluding steroid dienone is 5. The lowest BCUT2D eigenvalue weighted by molar-refractivity contribution is -0.115. The highest BCUT2D eigenvalue weighted by molar-refractivity contribution is 6.30. The van der Waals surface area contributed by atoms with E-state index in [4.69, 9.17) is 17.0 Å². The van der Waals surface area contributed by atoms with Gasteiger partial charge in [-0.3, -0.25) is 9.36 Å². The number of pyridine rings is 1. The van der Waals surface area contributed by atoms with E-state index in [9.17, 15) is 18.0 Å². The van der Waals surface area contributed by atoms with Crippen molar-refractivity contribution in [2.24, 2.45) is 0 Å². The SMILES string of the molecule is CN/C=C1/C=C(n2cc3cnc(NCC(F)(F)F)nc3c(-c3ccc(Cl)cc3)c2=O)C=CC1=N. The Morgan fingerprint density at radius 1 is 1.21 bits per heavy atom. The standard InChI is InChI=1S/C23H18ClF3N6O/c1-29-9-14-8-17(6-7-18(14)28)33-11-15-10-30-22(31-12-23(25,26)27)32-20(15)19(21(33)34)13-2-4-16(24)5-3-13/h2-11,28-29H,12H2,1H3,(H,31,32)/b14-9-,28-18?. The summed E-state index contributed by atoms with van der Waals surface area (Å²) >= 11 is 6.00. The molecule has 11 heteroatoms. The highest BCUT2D eigenvalue weighted by Crippen LogP contribution is 2.28. The molecule has 3 N–H and O–H groups in total. The molecule has 174 valence electrons. The molecule has 0 unspecified atom stereocenters. The Morgan fingerprint density at radius 2 is 1.94 bits per heavy atom. The number of benzene rings is 1. The fourth-order valence-electron chi connectivity index (χ4n) is 3.41. The van der Waals surface area contributed by atoms with Gasteiger partial charge in [0.15, 0.2) is 0 Å². The van der Waals surface area contributed by atoms with Gasteiger partial charge in [-0.1, -0.05) is 23.7 Å². The van der Waals surface area contributed by atoms with Crippen molar-refractivity contribution in [3.63, 3.8) is 0 Å². The van der Waals surface area contributed by atoms with Gasteiger partial charge in [0.2, 0.25) is 5.95 Å². The minimum absolute atomic E-state index is 0.181. The maximum Gasteiger partial charge on any atom is 0.405 e. The zero-order valence-electron chi connectivity index (χ0n) is 17.7. The Balaban J connectivity index is 1.94. The number of nitrogens with zero attached hydrogens (tertiary/aromatic N) is 3. The molecule has 0 spiro atoms. The highest BCUT2D eigenvalue weighted by Gasteiger charge is 2.27. The molecular weight excluding hydrogens is 469 g/mol. The first-order valence-corrected chi connectivity index (χ1v) is 10.4. The van der Waals surface area contributed by atoms with Crippen LogP contribution >= 0.6 is 11.6 Å². The van der Waals surface area contributed by atoms with E-state index in [1.807, 2.05) is 0 Å². The summed E-state index contributed by atoms with van der Waals surface area (Å²) in [6.07, 6.45) is 4.94. The van der Waals surface area contributed by atoms with Gasteiger partial charge in [-0.05, 0) is 35.9 Å². The van der Waals surface area contributed by atoms with Crippen LogP contribution in [-0.2, 0) is 0 Å². The Hall–Kier alpha value is -3.92. The Labute approximate surface area is 196 Å². The lowest BCUT2D eigenvalue weighted by Crippen LogP contribution is -2.24. The molecule has 0 radical (unpaired) electrons. The van der Waals surface area contributed by atoms with Gasteiger partial charge >= 0.3 is 6.18 Å². The van der Waals surface area contributed by atoms with Gasteiger partial charge in [0.1, 0.15) is 6.54 Å². The molecule has 34 heavy (non-hydrogen) atoms. The number of alkyl halides is 3. The summed E-state index contributed by atoms with van der Waals surface area (Å²) in [5, 5.41) is 14.0. The number of rotatable bonds is 5. The summed E-state index contributed by atoms with van der Waals surface area (Å²) in [7, 11) is 1.70. The third-order valence-corrected chi connectivity index (χ3v) is 5.20. The summed E-state index contributed by atoms with van der Waals surface area (Å²) < 4.78 is 39.4. The predicted octanol–water partition coefficient (Wildman–Crippen LogP) is 4.62. The molecule has 0 saturated carbocycles. The average Bonchev–Trinajstić information content (AvgIpc) is 2.79. The molecule has 0 atom stereocenters. The Morgan fingerprint density at radius 3 is 2.62 bits per heavy atom. The summed E-state index contributed by atoms with van der Waals surface area (Å²) in [6, 6.07) is 6.50. The van der Waals surface area contributed by atoms with Crippen molar-refractivity contribution in [1.29, 1.82) is 5.41 Å². The quantitative estimate of drug-likeness (QED) is 0.489. The molecule has 2 heterocycles. The molecule has 0 amide bonds. The number of halogens is 4. The van der Waals surface area contributed by atoms with Gasteiger partial charge in [-0.25, -0.2) is 9.97 Å². The molecule has 1 aliphatic carbocycles. The van der Waals surface area contributed by atoms with Crippen molar-refractivity contribution in [3.8, 4) is 11.1 Å². The van der Waals surface area contributed by atoms with E-state index in [1.54, 1.807) is 55.7 Å². The van der Waals surface area contributed by atoms with E-state index >= 15 is 0 Å². The maximum atomic E-state index is 13.6. The molecule has 7 nitrogen and oxygen atoms in total. The van der Waals surface area contributed by atoms with Gasteiger partial charge in [-0.15, -0.1) is 0 Å². The first-order chi connectivity index (χ1) is 16.2. The van der Waals surface area contributed by atoms with E-state index in [2.05, 4.69) is 20.6 Å². The summed E-state index contributed by atoms with van der Waals surface area (Å²) in [5.74, 6) is -0.248. The van der Waals surface area contributed by atoms with Crippen LogP contribution in [0.4, 0.5) is 19.1 Å². The first-order valence-electron chi connectivity index (χ1n) is 10.0. The van der Waals surface area contributed by atoms with Crippen LogP contribution < -0.4 is 16.2 Å². The fraction of sp³-hybridized carbons (Fsp3) is 0.130. The van der Waals surface area contributed by atoms with Crippen LogP contribution in [0.3, 0.4) is 0 Å². The van der Waals surface area contributed by atoms with Crippen LogP contribution in [-0.4, -0.2) is 40.0 Å². The van der Waals surface area contributed by atoms with Crippen molar-refractivity contribution in [3.05, 3.63) is 82.0 Å². The summed E-state index contributed by atoms with van der Waals surface area (Å²) in [5.41, 5.74) is 1.77. The van der Waals surface area contributed by atoms with Gasteiger partial charge in [0.25, 0.3) is 5.56 Å². The maximum absolute atomic E-state index is 13.6. The van der Waals surface area contributed by atoms with Crippen LogP contribution in [0, 0.1) is 5.41 Å². The largest absolute Gasteiger partial charge is 0.405 e. The highest BCUT2D eigenvalue weighted by atomic mass is 35.5. The number of anilines is 1. The molecule has 0 aliphatic heterocycles. The summed E-state index contributed by atoms with van der Waals surface area (Å²) in [6.45, 7) is -1.31. The van der Waals surface area contributed by atoms with Crippen LogP contribution in [0.15, 0.2) is 71.5 Å². The molecule has 3 aromatic rings. The lowest BCUT2D eigenvalue weighted by atomic mass is 10.0. The second kappa shape index (κ2) is 9.14. The van der Waals surface area contributed by atoms with Crippen molar-refractivity contribution < 1.29 is 13.2 Å². The molecule has 2 aromatic heterocycles. The van der Waals surface area contributed by atoms with Crippen LogP contribution in [0.2, 0.25) is 5.02 Å². The van der Waals surface area contributed by atoms with Gasteiger partial charge in [0.05, 0.1) is 16.8 Å². The van der Waals surface area contributed by atoms with E-state index in [1.165, 1.54) is 17.0 Å². The first kappa shape index (κ1) is 23.2. The molecule has 4 rings (SSSR count). The van der Waals surface area contributed by atoms with Gasteiger partial charge < -0.3 is 16.0 Å². The van der Waals surface area contributed by atoms with Crippen molar-refractivity contribution in [2.45, 2.75) is 6.18 Å². The predicted molar refractivity (Wildman–Crippen MR) is 127 cm³/mol. The summed E-state index contributed by atoms with van der Waals surface area (Å²) in [4.78, 5) is 21.8. The minimum Gasteiger partial charge on any atom is -0.393 e. The third-order valence-electron chi connectivity index (χ3n) is 4.95. The zero-order chi connectivity index (χ0) is 24.5. The van der Waals surface area contributed by atoms with E-state index in [0.29, 0.717) is 27.2 Å². The van der Waals surface area contributed by atoms with E-state index < -0.39 is 18.3 Å². The zero-order valence-corrected chi connectivity index (χ0v) is 18.5. The molecule has 0 saturated heterocycles. The Bertz CT molecular complexity index is 1420. The van der Waals surface area contributed by atoms with Gasteiger partial charge in [-0.2, -0.15) is 13.2 Å². The topological polar surface area (TPSA) is 95.7 Å². The van der Waals surface area contributed by atoms with Crippen molar-refractivity contribution in [2.75, 3.05) is 18.9 Å². The number of nitrogens with one attached hydrogen (secondary N) is 3. The molecule has 0 fully saturated rings. The van der Waals surface area contributed by atoms with Crippen molar-refractivity contribution in [1.82, 2.24) is 19.9 Å². The third kappa shape index (κ3) is 4.86. The minimum atomic E-state index is -4.45. The normalized spacial score (nSPS) is 15.0. The number of hydrogen-bond acceptors (Lipinski definition) is 6. The molecule has 1 aliphatic rings. The number of aromatic nitrogens is 3. The second-order valence-corrected chi connectivity index (χ2v) is 7.79. The van der Waals surface area contributed by atoms with Crippen LogP contribution in [0.25, 0.3) is 27.7 Å². The number of hydrogen-bond donors (Lipinski definition) is 3. The molecule has 1 aromatic carbocycles. The van der Waals surface area contributed by atoms with Crippen molar-refractivity contribution >= 4 is 39.9 Å².